The maximum absolute atomic E-state index is 11.8. The maximum Gasteiger partial charge on any atom is 0.309 e. The summed E-state index contributed by atoms with van der Waals surface area (Å²) in [6.07, 6.45) is 4.88. The average molecular weight is 236 g/mol. The van der Waals surface area contributed by atoms with Crippen molar-refractivity contribution in [2.75, 3.05) is 0 Å². The van der Waals surface area contributed by atoms with Crippen LogP contribution in [0.3, 0.4) is 0 Å². The van der Waals surface area contributed by atoms with Gasteiger partial charge in [-0.2, -0.15) is 0 Å². The Balaban J connectivity index is 2.64. The van der Waals surface area contributed by atoms with Crippen LogP contribution in [0.1, 0.15) is 47.0 Å². The molecule has 96 valence electrons. The molecule has 0 N–H and O–H groups in total. The van der Waals surface area contributed by atoms with Gasteiger partial charge in [-0.3, -0.25) is 4.79 Å². The van der Waals surface area contributed by atoms with Crippen molar-refractivity contribution in [2.45, 2.75) is 53.1 Å². The highest BCUT2D eigenvalue weighted by Crippen LogP contribution is 2.30. The van der Waals surface area contributed by atoms with Gasteiger partial charge in [0.15, 0.2) is 0 Å². The van der Waals surface area contributed by atoms with Crippen molar-refractivity contribution in [1.82, 2.24) is 0 Å². The second-order valence-electron chi connectivity index (χ2n) is 5.20. The fourth-order valence-electron chi connectivity index (χ4n) is 1.97. The van der Waals surface area contributed by atoms with Gasteiger partial charge in [-0.05, 0) is 44.6 Å². The van der Waals surface area contributed by atoms with E-state index in [1.54, 1.807) is 0 Å². The van der Waals surface area contributed by atoms with Gasteiger partial charge >= 0.3 is 5.97 Å². The molecule has 0 aromatic heterocycles. The molecule has 0 amide bonds. The minimum absolute atomic E-state index is 0.00648. The summed E-state index contributed by atoms with van der Waals surface area (Å²) in [6, 6.07) is 0. The molecule has 0 aromatic rings. The number of rotatable bonds is 4. The van der Waals surface area contributed by atoms with Gasteiger partial charge in [0.25, 0.3) is 0 Å². The van der Waals surface area contributed by atoms with E-state index in [0.29, 0.717) is 5.92 Å². The van der Waals surface area contributed by atoms with Crippen LogP contribution in [0.5, 0.6) is 0 Å². The third-order valence-electron chi connectivity index (χ3n) is 3.70. The molecule has 0 fully saturated rings. The van der Waals surface area contributed by atoms with Crippen LogP contribution < -0.4 is 0 Å². The van der Waals surface area contributed by atoms with Crippen molar-refractivity contribution < 1.29 is 9.53 Å². The Morgan fingerprint density at radius 1 is 1.65 bits per heavy atom. The highest BCUT2D eigenvalue weighted by atomic mass is 16.5. The molecular formula is C15H24O2. The second-order valence-corrected chi connectivity index (χ2v) is 5.20. The van der Waals surface area contributed by atoms with Gasteiger partial charge in [0.2, 0.25) is 0 Å². The predicted octanol–water partition coefficient (Wildman–Crippen LogP) is 3.88. The molecule has 0 aromatic carbocycles. The van der Waals surface area contributed by atoms with Crippen molar-refractivity contribution in [1.29, 1.82) is 0 Å². The Labute approximate surface area is 105 Å². The van der Waals surface area contributed by atoms with Crippen LogP contribution in [0.25, 0.3) is 0 Å². The van der Waals surface area contributed by atoms with Crippen LogP contribution in [-0.2, 0) is 9.53 Å². The normalized spacial score (nSPS) is 26.0. The van der Waals surface area contributed by atoms with Gasteiger partial charge < -0.3 is 4.74 Å². The molecule has 0 heterocycles. The summed E-state index contributed by atoms with van der Waals surface area (Å²) < 4.78 is 5.59. The third-order valence-corrected chi connectivity index (χ3v) is 3.70. The topological polar surface area (TPSA) is 26.3 Å². The van der Waals surface area contributed by atoms with E-state index in [2.05, 4.69) is 12.7 Å². The van der Waals surface area contributed by atoms with Crippen molar-refractivity contribution >= 4 is 5.97 Å². The lowest BCUT2D eigenvalue weighted by Crippen LogP contribution is -2.28. The summed E-state index contributed by atoms with van der Waals surface area (Å²) in [5.41, 5.74) is 2.36. The van der Waals surface area contributed by atoms with Crippen LogP contribution in [0.15, 0.2) is 23.8 Å². The van der Waals surface area contributed by atoms with Crippen LogP contribution in [0.2, 0.25) is 0 Å². The molecule has 0 spiro atoms. The first-order valence-electron chi connectivity index (χ1n) is 6.48. The molecular weight excluding hydrogens is 212 g/mol. The van der Waals surface area contributed by atoms with Crippen molar-refractivity contribution in [3.05, 3.63) is 23.8 Å². The Bertz CT molecular complexity index is 328. The highest BCUT2D eigenvalue weighted by Gasteiger charge is 2.26. The van der Waals surface area contributed by atoms with E-state index in [9.17, 15) is 4.79 Å². The zero-order valence-electron chi connectivity index (χ0n) is 11.5. The first-order chi connectivity index (χ1) is 7.95. The number of carbonyl (C=O) groups is 1. The number of ether oxygens (including phenoxy) is 1. The molecule has 0 radical (unpaired) electrons. The number of carbonyl (C=O) groups excluding carboxylic acids is 1. The molecule has 2 nitrogen and oxygen atoms in total. The van der Waals surface area contributed by atoms with Crippen molar-refractivity contribution in [2.24, 2.45) is 11.8 Å². The van der Waals surface area contributed by atoms with E-state index in [4.69, 9.17) is 4.74 Å². The summed E-state index contributed by atoms with van der Waals surface area (Å²) in [5, 5.41) is 0. The monoisotopic (exact) mass is 236 g/mol. The van der Waals surface area contributed by atoms with E-state index in [1.165, 1.54) is 11.1 Å². The van der Waals surface area contributed by atoms with Crippen molar-refractivity contribution in [3.8, 4) is 0 Å². The molecule has 0 saturated heterocycles. The van der Waals surface area contributed by atoms with E-state index < -0.39 is 0 Å². The zero-order valence-corrected chi connectivity index (χ0v) is 11.5. The Morgan fingerprint density at radius 2 is 2.29 bits per heavy atom. The number of esters is 1. The molecule has 1 unspecified atom stereocenters. The number of allylic oxidation sites excluding steroid dienone is 2. The van der Waals surface area contributed by atoms with E-state index in [-0.39, 0.29) is 18.0 Å². The lowest BCUT2D eigenvalue weighted by atomic mass is 9.84. The number of hydrogen-bond acceptors (Lipinski definition) is 2. The van der Waals surface area contributed by atoms with Gasteiger partial charge in [-0.1, -0.05) is 32.1 Å². The lowest BCUT2D eigenvalue weighted by Gasteiger charge is -2.29. The summed E-state index contributed by atoms with van der Waals surface area (Å²) in [4.78, 5) is 11.8. The van der Waals surface area contributed by atoms with Crippen LogP contribution in [0.4, 0.5) is 0 Å². The molecule has 0 aliphatic heterocycles. The SMILES string of the molecule is C=C(C)[C@@H]1CC=C(C)[C@H](OC(=O)C(C)CC)C1. The van der Waals surface area contributed by atoms with Gasteiger partial charge in [0, 0.05) is 0 Å². The van der Waals surface area contributed by atoms with Crippen LogP contribution >= 0.6 is 0 Å². The quantitative estimate of drug-likeness (QED) is 0.547. The molecule has 1 aliphatic carbocycles. The van der Waals surface area contributed by atoms with E-state index >= 15 is 0 Å². The fraction of sp³-hybridized carbons (Fsp3) is 0.667. The minimum atomic E-state index is -0.0763. The minimum Gasteiger partial charge on any atom is -0.458 e. The molecule has 1 rings (SSSR count). The largest absolute Gasteiger partial charge is 0.458 e. The Kier molecular flexibility index (Phi) is 4.98. The first-order valence-corrected chi connectivity index (χ1v) is 6.48. The van der Waals surface area contributed by atoms with Gasteiger partial charge in [0.1, 0.15) is 6.10 Å². The molecule has 17 heavy (non-hydrogen) atoms. The molecule has 2 heteroatoms. The maximum atomic E-state index is 11.8. The lowest BCUT2D eigenvalue weighted by molar-refractivity contribution is -0.152. The molecule has 3 atom stereocenters. The second kappa shape index (κ2) is 6.04. The predicted molar refractivity (Wildman–Crippen MR) is 70.6 cm³/mol. The first kappa shape index (κ1) is 14.0. The Hall–Kier alpha value is -1.05. The zero-order chi connectivity index (χ0) is 13.0. The van der Waals surface area contributed by atoms with Crippen molar-refractivity contribution in [3.63, 3.8) is 0 Å². The molecule has 0 bridgehead atoms. The summed E-state index contributed by atoms with van der Waals surface area (Å²) in [5.74, 6) is 0.369. The summed E-state index contributed by atoms with van der Waals surface area (Å²) in [6.45, 7) is 12.0. The highest BCUT2D eigenvalue weighted by molar-refractivity contribution is 5.72. The van der Waals surface area contributed by atoms with Gasteiger partial charge in [0.05, 0.1) is 5.92 Å². The smallest absolute Gasteiger partial charge is 0.309 e. The fourth-order valence-corrected chi connectivity index (χ4v) is 1.97. The average Bonchev–Trinajstić information content (AvgIpc) is 2.30. The summed E-state index contributed by atoms with van der Waals surface area (Å²) >= 11 is 0. The van der Waals surface area contributed by atoms with Crippen LogP contribution in [-0.4, -0.2) is 12.1 Å². The molecule has 0 saturated carbocycles. The summed E-state index contributed by atoms with van der Waals surface area (Å²) in [7, 11) is 0. The standard InChI is InChI=1S/C15H24O2/c1-6-11(4)15(16)17-14-9-13(10(2)3)8-7-12(14)5/h7,11,13-14H,2,6,8-9H2,1,3-5H3/t11?,13-,14-/m1/s1. The van der Waals surface area contributed by atoms with E-state index in [0.717, 1.165) is 19.3 Å². The Morgan fingerprint density at radius 3 is 2.82 bits per heavy atom. The van der Waals surface area contributed by atoms with Gasteiger partial charge in [-0.25, -0.2) is 0 Å². The van der Waals surface area contributed by atoms with Gasteiger partial charge in [-0.15, -0.1) is 0 Å². The van der Waals surface area contributed by atoms with Crippen LogP contribution in [0, 0.1) is 11.8 Å². The van der Waals surface area contributed by atoms with E-state index in [1.807, 2.05) is 27.7 Å². The molecule has 1 aliphatic rings. The third kappa shape index (κ3) is 3.72. The number of hydrogen-bond donors (Lipinski definition) is 0.